The topological polar surface area (TPSA) is 18.5 Å². The van der Waals surface area contributed by atoms with Crippen LogP contribution in [0.25, 0.3) is 11.1 Å². The molecule has 0 unspecified atom stereocenters. The van der Waals surface area contributed by atoms with E-state index >= 15 is 0 Å². The predicted octanol–water partition coefficient (Wildman–Crippen LogP) is 4.77. The van der Waals surface area contributed by atoms with Crippen molar-refractivity contribution in [3.63, 3.8) is 0 Å². The minimum absolute atomic E-state index is 0.0258. The first-order valence-corrected chi connectivity index (χ1v) is 7.35. The molecule has 0 spiro atoms. The van der Waals surface area contributed by atoms with Gasteiger partial charge in [-0.05, 0) is 46.5 Å². The van der Waals surface area contributed by atoms with E-state index in [1.807, 2.05) is 12.1 Å². The van der Waals surface area contributed by atoms with Crippen molar-refractivity contribution in [2.24, 2.45) is 0 Å². The Morgan fingerprint density at radius 1 is 0.900 bits per heavy atom. The second-order valence-electron chi connectivity index (χ2n) is 5.57. The van der Waals surface area contributed by atoms with Crippen LogP contribution < -0.4 is 9.47 Å². The molecule has 2 aromatic carbocycles. The van der Waals surface area contributed by atoms with E-state index in [1.165, 1.54) is 22.3 Å². The molecule has 0 saturated heterocycles. The van der Waals surface area contributed by atoms with Crippen LogP contribution in [-0.2, 0) is 5.41 Å². The Kier molecular flexibility index (Phi) is 3.05. The van der Waals surface area contributed by atoms with Gasteiger partial charge in [0.25, 0.3) is 0 Å². The van der Waals surface area contributed by atoms with Crippen molar-refractivity contribution >= 4 is 15.9 Å². The summed E-state index contributed by atoms with van der Waals surface area (Å²) in [6.45, 7) is 4.50. The van der Waals surface area contributed by atoms with Crippen LogP contribution in [0.2, 0.25) is 0 Å². The fourth-order valence-corrected chi connectivity index (χ4v) is 4.03. The minimum atomic E-state index is -0.0258. The summed E-state index contributed by atoms with van der Waals surface area (Å²) in [7, 11) is 3.39. The Morgan fingerprint density at radius 2 is 1.55 bits per heavy atom. The molecule has 104 valence electrons. The molecule has 1 aliphatic rings. The summed E-state index contributed by atoms with van der Waals surface area (Å²) in [4.78, 5) is 0. The van der Waals surface area contributed by atoms with Crippen molar-refractivity contribution in [2.45, 2.75) is 19.3 Å². The lowest BCUT2D eigenvalue weighted by molar-refractivity contribution is 0.414. The number of hydrogen-bond acceptors (Lipinski definition) is 2. The highest BCUT2D eigenvalue weighted by molar-refractivity contribution is 9.10. The van der Waals surface area contributed by atoms with Crippen molar-refractivity contribution in [3.05, 3.63) is 45.9 Å². The molecule has 0 fully saturated rings. The van der Waals surface area contributed by atoms with E-state index < -0.39 is 0 Å². The highest BCUT2D eigenvalue weighted by Gasteiger charge is 2.37. The van der Waals surface area contributed by atoms with Gasteiger partial charge in [-0.2, -0.15) is 0 Å². The highest BCUT2D eigenvalue weighted by Crippen LogP contribution is 2.53. The van der Waals surface area contributed by atoms with Gasteiger partial charge in [0.15, 0.2) is 0 Å². The van der Waals surface area contributed by atoms with Crippen LogP contribution in [0, 0.1) is 0 Å². The van der Waals surface area contributed by atoms with E-state index in [0.29, 0.717) is 0 Å². The lowest BCUT2D eigenvalue weighted by Gasteiger charge is -2.23. The molecule has 0 aromatic heterocycles. The Morgan fingerprint density at radius 3 is 2.20 bits per heavy atom. The molecule has 0 N–H and O–H groups in total. The molecule has 2 aromatic rings. The molecular weight excluding hydrogens is 316 g/mol. The van der Waals surface area contributed by atoms with Crippen LogP contribution in [0.1, 0.15) is 25.0 Å². The third kappa shape index (κ3) is 1.76. The second kappa shape index (κ2) is 4.52. The van der Waals surface area contributed by atoms with Crippen molar-refractivity contribution in [3.8, 4) is 22.6 Å². The number of halogens is 1. The lowest BCUT2D eigenvalue weighted by Crippen LogP contribution is -2.15. The first-order chi connectivity index (χ1) is 9.48. The molecule has 3 rings (SSSR count). The van der Waals surface area contributed by atoms with Crippen LogP contribution in [0.15, 0.2) is 34.8 Å². The van der Waals surface area contributed by atoms with Gasteiger partial charge in [-0.3, -0.25) is 0 Å². The lowest BCUT2D eigenvalue weighted by atomic mass is 9.82. The van der Waals surface area contributed by atoms with E-state index in [4.69, 9.17) is 9.47 Å². The van der Waals surface area contributed by atoms with Crippen LogP contribution >= 0.6 is 15.9 Å². The second-order valence-corrected chi connectivity index (χ2v) is 6.42. The molecule has 0 amide bonds. The standard InChI is InChI=1S/C17H17BrO2/c1-17(2)14-6-5-10(19-3)7-12(14)13-8-11(20-4)9-15(18)16(13)17/h5-9H,1-4H3. The molecule has 1 aliphatic carbocycles. The van der Waals surface area contributed by atoms with E-state index in [9.17, 15) is 0 Å². The number of methoxy groups -OCH3 is 2. The normalized spacial score (nSPS) is 14.7. The SMILES string of the molecule is COc1ccc2c(c1)-c1cc(OC)cc(Br)c1C2(C)C. The van der Waals surface area contributed by atoms with Gasteiger partial charge in [-0.25, -0.2) is 0 Å². The van der Waals surface area contributed by atoms with E-state index in [2.05, 4.69) is 48.0 Å². The van der Waals surface area contributed by atoms with Gasteiger partial charge < -0.3 is 9.47 Å². The Labute approximate surface area is 127 Å². The fourth-order valence-electron chi connectivity index (χ4n) is 3.10. The van der Waals surface area contributed by atoms with Gasteiger partial charge in [-0.1, -0.05) is 35.8 Å². The zero-order valence-electron chi connectivity index (χ0n) is 12.1. The van der Waals surface area contributed by atoms with Crippen LogP contribution in [0.5, 0.6) is 11.5 Å². The van der Waals surface area contributed by atoms with Gasteiger partial charge >= 0.3 is 0 Å². The first kappa shape index (κ1) is 13.5. The average molecular weight is 333 g/mol. The number of ether oxygens (including phenoxy) is 2. The van der Waals surface area contributed by atoms with Gasteiger partial charge in [0.2, 0.25) is 0 Å². The summed E-state index contributed by atoms with van der Waals surface area (Å²) in [5.74, 6) is 1.74. The smallest absolute Gasteiger partial charge is 0.120 e. The monoisotopic (exact) mass is 332 g/mol. The number of rotatable bonds is 2. The highest BCUT2D eigenvalue weighted by atomic mass is 79.9. The molecule has 0 aliphatic heterocycles. The summed E-state index contributed by atoms with van der Waals surface area (Å²) in [5.41, 5.74) is 5.05. The summed E-state index contributed by atoms with van der Waals surface area (Å²) in [5, 5.41) is 0. The number of fused-ring (bicyclic) bond motifs is 3. The minimum Gasteiger partial charge on any atom is -0.497 e. The van der Waals surface area contributed by atoms with Crippen molar-refractivity contribution in [1.29, 1.82) is 0 Å². The molecule has 0 atom stereocenters. The summed E-state index contributed by atoms with van der Waals surface area (Å²) >= 11 is 3.70. The molecule has 3 heteroatoms. The van der Waals surface area contributed by atoms with E-state index in [-0.39, 0.29) is 5.41 Å². The van der Waals surface area contributed by atoms with Crippen LogP contribution in [0.3, 0.4) is 0 Å². The zero-order valence-corrected chi connectivity index (χ0v) is 13.7. The third-order valence-electron chi connectivity index (χ3n) is 4.11. The summed E-state index contributed by atoms with van der Waals surface area (Å²) < 4.78 is 11.9. The maximum absolute atomic E-state index is 5.40. The molecule has 20 heavy (non-hydrogen) atoms. The van der Waals surface area contributed by atoms with Gasteiger partial charge in [0.1, 0.15) is 11.5 Å². The maximum Gasteiger partial charge on any atom is 0.120 e. The average Bonchev–Trinajstić information content (AvgIpc) is 2.67. The summed E-state index contributed by atoms with van der Waals surface area (Å²) in [6, 6.07) is 10.4. The van der Waals surface area contributed by atoms with E-state index in [1.54, 1.807) is 14.2 Å². The number of hydrogen-bond donors (Lipinski definition) is 0. The predicted molar refractivity (Wildman–Crippen MR) is 84.8 cm³/mol. The molecule has 0 heterocycles. The molecule has 0 saturated carbocycles. The van der Waals surface area contributed by atoms with Gasteiger partial charge in [0.05, 0.1) is 14.2 Å². The Balaban J connectivity index is 2.35. The maximum atomic E-state index is 5.40. The Hall–Kier alpha value is -1.48. The third-order valence-corrected chi connectivity index (χ3v) is 4.74. The molecule has 0 bridgehead atoms. The van der Waals surface area contributed by atoms with Crippen LogP contribution in [-0.4, -0.2) is 14.2 Å². The molecule has 0 radical (unpaired) electrons. The molecular formula is C17H17BrO2. The largest absolute Gasteiger partial charge is 0.497 e. The van der Waals surface area contributed by atoms with E-state index in [0.717, 1.165) is 16.0 Å². The first-order valence-electron chi connectivity index (χ1n) is 6.56. The number of benzene rings is 2. The summed E-state index contributed by atoms with van der Waals surface area (Å²) in [6.07, 6.45) is 0. The van der Waals surface area contributed by atoms with Crippen molar-refractivity contribution < 1.29 is 9.47 Å². The van der Waals surface area contributed by atoms with Crippen molar-refractivity contribution in [2.75, 3.05) is 14.2 Å². The van der Waals surface area contributed by atoms with Crippen molar-refractivity contribution in [1.82, 2.24) is 0 Å². The quantitative estimate of drug-likeness (QED) is 0.788. The zero-order chi connectivity index (χ0) is 14.5. The Bertz CT molecular complexity index is 690. The fraction of sp³-hybridized carbons (Fsp3) is 0.294. The van der Waals surface area contributed by atoms with Gasteiger partial charge in [0, 0.05) is 9.89 Å². The van der Waals surface area contributed by atoms with Crippen LogP contribution in [0.4, 0.5) is 0 Å². The van der Waals surface area contributed by atoms with Gasteiger partial charge in [-0.15, -0.1) is 0 Å². The molecule has 2 nitrogen and oxygen atoms in total.